The minimum Gasteiger partial charge on any atom is -0.444 e. The van der Waals surface area contributed by atoms with Gasteiger partial charge in [-0.2, -0.15) is 0 Å². The SMILES string of the molecule is CC(=O)c1cccc(Cl)c1.CC(C)(C)OC(=O)Nc1cc(N)ncn1.Cc1cc(Br)c(=O)[nH]c1C(N)=O.Cc1cc(Br)c(=O)n2c1C(=O)NC2(C)c1cccc(Cl)c1.Cc1cc(Nc2cc(N)ncn2)c(=O)n2c1C(=O)NC2(C)c1cccc(Cl)c1.Cc1cc(Nc2cc(N)ncn2)c(=O)n2c1C(=O)NC2(C)c1cccc(Cl)c1.Cc1cc(Nc2cc(NC(=O)OC(C)(C)C)ncn2)c(=O)n2c1C(=O)NC2(C)c1cccc(Cl)c1. The summed E-state index contributed by atoms with van der Waals surface area (Å²) >= 11 is 36.4. The van der Waals surface area contributed by atoms with E-state index in [1.165, 1.54) is 74.8 Å². The second-order valence-electron chi connectivity index (χ2n) is 36.3. The van der Waals surface area contributed by atoms with E-state index in [1.54, 1.807) is 237 Å². The molecule has 4 atom stereocenters. The average Bonchev–Trinajstić information content (AvgIpc) is 1.57. The number of hydrogen-bond acceptors (Lipinski definition) is 29. The Kier molecular flexibility index (Phi) is 34.1. The van der Waals surface area contributed by atoms with E-state index in [9.17, 15) is 62.3 Å². The number of pyridine rings is 5. The van der Waals surface area contributed by atoms with E-state index in [2.05, 4.69) is 125 Å². The van der Waals surface area contributed by atoms with Crippen LogP contribution in [0.1, 0.15) is 189 Å². The molecule has 13 heterocycles. The Balaban J connectivity index is 0.000000160. The number of nitrogens with two attached hydrogens (primary N) is 4. The molecule has 0 radical (unpaired) electrons. The Labute approximate surface area is 892 Å². The predicted octanol–water partition coefficient (Wildman–Crippen LogP) is 16.5. The number of aryl methyl sites for hydroxylation is 5. The zero-order chi connectivity index (χ0) is 109. The Morgan fingerprint density at radius 1 is 0.362 bits per heavy atom. The predicted molar refractivity (Wildman–Crippen MR) is 577 cm³/mol. The van der Waals surface area contributed by atoms with E-state index in [-0.39, 0.29) is 109 Å². The number of nitrogen functional groups attached to an aromatic ring is 3. The van der Waals surface area contributed by atoms with E-state index in [0.29, 0.717) is 113 Å². The van der Waals surface area contributed by atoms with Gasteiger partial charge in [-0.3, -0.25) is 81.6 Å². The highest BCUT2D eigenvalue weighted by molar-refractivity contribution is 9.10. The van der Waals surface area contributed by atoms with E-state index in [1.807, 2.05) is 18.2 Å². The van der Waals surface area contributed by atoms with Gasteiger partial charge in [-0.15, -0.1) is 0 Å². The molecule has 0 saturated heterocycles. The van der Waals surface area contributed by atoms with E-state index < -0.39 is 57.5 Å². The number of nitrogens with zero attached hydrogens (tertiary/aromatic N) is 12. The zero-order valence-corrected chi connectivity index (χ0v) is 89.4. The van der Waals surface area contributed by atoms with E-state index in [0.717, 1.165) is 11.1 Å². The number of anilines is 11. The van der Waals surface area contributed by atoms with Crippen LogP contribution in [0.15, 0.2) is 234 Å². The molecule has 4 aliphatic heterocycles. The van der Waals surface area contributed by atoms with Gasteiger partial charge in [0.25, 0.3) is 57.3 Å². The fraction of sp³-hybridized carbons (Fsp3) is 0.218. The number of halogens is 7. The first kappa shape index (κ1) is 112. The Morgan fingerprint density at radius 2 is 0.638 bits per heavy atom. The normalized spacial score (nSPS) is 16.1. The van der Waals surface area contributed by atoms with Crippen LogP contribution in [0.4, 0.5) is 73.2 Å². The van der Waals surface area contributed by atoms with Gasteiger partial charge in [-0.25, -0.2) is 49.5 Å². The number of carbonyl (C=O) groups is 8. The fourth-order valence-electron chi connectivity index (χ4n) is 16.0. The number of amides is 7. The number of benzene rings is 5. The van der Waals surface area contributed by atoms with Crippen LogP contribution in [-0.2, 0) is 32.1 Å². The monoisotopic (exact) mass is 2250 g/mol. The average molecular weight is 2250 g/mol. The first-order chi connectivity index (χ1) is 69.9. The maximum Gasteiger partial charge on any atom is 0.413 e. The maximum absolute atomic E-state index is 13.6. The number of ether oxygens (including phenoxy) is 2. The molecule has 0 aliphatic carbocycles. The lowest BCUT2D eigenvalue weighted by Crippen LogP contribution is -2.46. The van der Waals surface area contributed by atoms with Gasteiger partial charge in [0, 0.05) is 54.9 Å². The molecule has 9 aromatic heterocycles. The van der Waals surface area contributed by atoms with Gasteiger partial charge in [0.15, 0.2) is 5.78 Å². The number of rotatable bonds is 14. The van der Waals surface area contributed by atoms with Gasteiger partial charge in [0.05, 0.1) is 8.95 Å². The molecule has 0 spiro atoms. The number of Topliss-reactive ketones (excluding diaryl/α,β-unsaturated/α-hetero) is 1. The first-order valence-electron chi connectivity index (χ1n) is 44.8. The van der Waals surface area contributed by atoms with Crippen LogP contribution in [-0.4, -0.2) is 122 Å². The summed E-state index contributed by atoms with van der Waals surface area (Å²) in [6.45, 7) is 28.0. The van der Waals surface area contributed by atoms with Gasteiger partial charge in [-0.05, 0) is 284 Å². The van der Waals surface area contributed by atoms with Crippen LogP contribution < -0.4 is 98.6 Å². The van der Waals surface area contributed by atoms with E-state index >= 15 is 0 Å². The largest absolute Gasteiger partial charge is 0.444 e. The Morgan fingerprint density at radius 3 is 0.933 bits per heavy atom. The maximum atomic E-state index is 13.6. The molecule has 48 heteroatoms. The van der Waals surface area contributed by atoms with Gasteiger partial charge in [-0.1, -0.05) is 119 Å². The minimum absolute atomic E-state index is 0.0440. The fourth-order valence-corrected chi connectivity index (χ4v) is 17.9. The quantitative estimate of drug-likeness (QED) is 0.0450. The summed E-state index contributed by atoms with van der Waals surface area (Å²) in [5.74, 6) is 0.515. The standard InChI is InChI=1S/C24H25ClN6O4.2C19H17ClN6O2.C15H12BrClN2O2.C9H14N4O2.C8H7ClO.C7H7BrN2O2/c1-13-9-16(28-17-11-18(27-12-26-17)29-22(34)35-23(2,3)4)21(33)31-19(13)20(32)30-24(31,5)14-7-6-8-15(25)10-14;2*1-10-6-13(24-15-8-14(21)22-9-23-15)18(28)26-16(10)17(27)25-19(26,2)11-4-3-5-12(20)7-11;1-8-6-11(16)14(21)19-12(8)13(20)18-15(19,2)9-4-3-5-10(17)7-9;1-9(2,3)15-8(14)13-7-4-6(10)11-5-12-7;1-6(10)7-3-2-4-8(9)5-7;1-3-2-4(8)7(12)10-5(3)6(9)11/h6-12H,1-5H3,(H,30,32)(H2,26,27,28,29,34);2*3-9H,1-2H3,(H,25,27)(H3,21,22,23,24);3-7H,1-2H3,(H,18,20);4-5H,1-3H3,(H3,10,11,12,13,14);2-5H,1H3;2H,1H3,(H2,9,11)(H,10,12). The van der Waals surface area contributed by atoms with Crippen molar-refractivity contribution >= 4 is 201 Å². The number of fused-ring (bicyclic) bond motifs is 4. The van der Waals surface area contributed by atoms with Crippen molar-refractivity contribution in [3.8, 4) is 0 Å². The second kappa shape index (κ2) is 45.5. The lowest BCUT2D eigenvalue weighted by Gasteiger charge is -2.28. The number of aromatic nitrogens is 13. The van der Waals surface area contributed by atoms with E-state index in [4.69, 9.17) is 90.4 Å². The molecule has 772 valence electrons. The van der Waals surface area contributed by atoms with Crippen molar-refractivity contribution in [3.63, 3.8) is 0 Å². The van der Waals surface area contributed by atoms with Crippen molar-refractivity contribution in [3.05, 3.63) is 371 Å². The highest BCUT2D eigenvalue weighted by Crippen LogP contribution is 2.39. The summed E-state index contributed by atoms with van der Waals surface area (Å²) < 4.78 is 16.9. The van der Waals surface area contributed by atoms with Crippen LogP contribution in [0.3, 0.4) is 0 Å². The number of aromatic amines is 1. The van der Waals surface area contributed by atoms with Crippen LogP contribution in [0.2, 0.25) is 25.1 Å². The summed E-state index contributed by atoms with van der Waals surface area (Å²) in [5.41, 5.74) is 23.4. The molecule has 14 aromatic rings. The third-order valence-electron chi connectivity index (χ3n) is 22.6. The molecule has 5 aromatic carbocycles. The van der Waals surface area contributed by atoms with Crippen LogP contribution >= 0.6 is 89.9 Å². The molecule has 4 unspecified atom stereocenters. The number of nitrogens with one attached hydrogen (secondary N) is 10. The highest BCUT2D eigenvalue weighted by atomic mass is 79.9. The van der Waals surface area contributed by atoms with Crippen molar-refractivity contribution in [1.29, 1.82) is 0 Å². The third-order valence-corrected chi connectivity index (χ3v) is 24.9. The van der Waals surface area contributed by atoms with Gasteiger partial charge < -0.3 is 74.6 Å². The minimum atomic E-state index is -1.15. The molecule has 18 rings (SSSR count). The third kappa shape index (κ3) is 26.1. The number of carbonyl (C=O) groups excluding carboxylic acids is 8. The van der Waals surface area contributed by atoms with Crippen LogP contribution in [0, 0.1) is 34.6 Å². The molecular formula is C101H99Br2Cl5N26O15. The summed E-state index contributed by atoms with van der Waals surface area (Å²) in [4.78, 5) is 193. The van der Waals surface area contributed by atoms with Crippen molar-refractivity contribution in [1.82, 2.24) is 84.4 Å². The molecule has 4 aliphatic rings. The lowest BCUT2D eigenvalue weighted by atomic mass is 10.0. The summed E-state index contributed by atoms with van der Waals surface area (Å²) in [6, 6.07) is 49.1. The van der Waals surface area contributed by atoms with Gasteiger partial charge >= 0.3 is 12.2 Å². The number of H-pyrrole nitrogens is 1. The Bertz CT molecular complexity index is 7850. The molecule has 41 nitrogen and oxygen atoms in total. The van der Waals surface area contributed by atoms with Crippen LogP contribution in [0.25, 0.3) is 0 Å². The van der Waals surface area contributed by atoms with Gasteiger partial charge in [0.2, 0.25) is 0 Å². The second-order valence-corrected chi connectivity index (χ2v) is 40.2. The topological polar surface area (TPSA) is 591 Å². The summed E-state index contributed by atoms with van der Waals surface area (Å²) in [6.07, 6.45) is 3.88. The van der Waals surface area contributed by atoms with Crippen molar-refractivity contribution in [2.24, 2.45) is 5.73 Å². The molecule has 7 amide bonds. The number of primary amides is 1. The van der Waals surface area contributed by atoms with Crippen molar-refractivity contribution in [2.45, 2.75) is 145 Å². The molecule has 0 fully saturated rings. The Hall–Kier alpha value is -16.1. The highest BCUT2D eigenvalue weighted by Gasteiger charge is 2.47. The lowest BCUT2D eigenvalue weighted by molar-refractivity contribution is 0.0624. The molecular weight excluding hydrogens is 2150 g/mol. The molecule has 0 saturated carbocycles. The summed E-state index contributed by atoms with van der Waals surface area (Å²) in [7, 11) is 0. The first-order valence-corrected chi connectivity index (χ1v) is 48.3. The molecule has 149 heavy (non-hydrogen) atoms. The van der Waals surface area contributed by atoms with Crippen LogP contribution in [0.5, 0.6) is 0 Å². The molecule has 0 bridgehead atoms. The van der Waals surface area contributed by atoms with Gasteiger partial charge in [0.1, 0.15) is 151 Å². The molecule has 18 N–H and O–H groups in total. The summed E-state index contributed by atoms with van der Waals surface area (Å²) in [5, 5.41) is 28.2. The smallest absolute Gasteiger partial charge is 0.413 e. The van der Waals surface area contributed by atoms with Crippen molar-refractivity contribution < 1.29 is 47.8 Å². The zero-order valence-electron chi connectivity index (χ0n) is 82.5. The number of hydrogen-bond donors (Lipinski definition) is 14. The van der Waals surface area contributed by atoms with Crippen molar-refractivity contribution in [2.75, 3.05) is 43.8 Å². The number of ketones is 1.